The minimum atomic E-state index is 0.473. The Balaban J connectivity index is 1.04. The molecule has 0 aromatic heterocycles. The predicted molar refractivity (Wildman–Crippen MR) is 159 cm³/mol. The lowest BCUT2D eigenvalue weighted by Crippen LogP contribution is -2.54. The van der Waals surface area contributed by atoms with Crippen molar-refractivity contribution in [1.82, 2.24) is 4.90 Å². The van der Waals surface area contributed by atoms with Gasteiger partial charge in [0.05, 0.1) is 12.7 Å². The number of rotatable bonds is 8. The zero-order valence-corrected chi connectivity index (χ0v) is 25.0. The molecule has 0 radical (unpaired) electrons. The highest BCUT2D eigenvalue weighted by atomic mass is 16.5. The van der Waals surface area contributed by atoms with Crippen molar-refractivity contribution in [2.45, 2.75) is 123 Å². The summed E-state index contributed by atoms with van der Waals surface area (Å²) in [6, 6.07) is 10.8. The fraction of sp³-hybridized carbons (Fsp3) is 0.833. The Hall–Kier alpha value is -0.860. The summed E-state index contributed by atoms with van der Waals surface area (Å²) < 4.78 is 6.49. The van der Waals surface area contributed by atoms with Gasteiger partial charge in [0.2, 0.25) is 0 Å². The van der Waals surface area contributed by atoms with Crippen LogP contribution in [0.15, 0.2) is 30.3 Å². The third kappa shape index (κ3) is 5.27. The third-order valence-electron chi connectivity index (χ3n) is 13.3. The first-order chi connectivity index (χ1) is 18.5. The standard InChI is InChI=1S/C36H57NO/c1-27(11-10-24-37-22-8-5-9-23-37)32-16-17-33-31-15-14-29-25-30(38-26-28-12-6-4-7-13-28)18-20-35(29,2)34(31)19-21-36(32,33)3/h4,6-7,12-13,27,29-34H,5,8-11,14-26H2,1-3H3. The molecule has 4 aliphatic carbocycles. The number of hydrogen-bond acceptors (Lipinski definition) is 2. The summed E-state index contributed by atoms with van der Waals surface area (Å²) >= 11 is 0. The molecule has 38 heavy (non-hydrogen) atoms. The third-order valence-corrected chi connectivity index (χ3v) is 13.3. The Labute approximate surface area is 234 Å². The molecule has 9 atom stereocenters. The van der Waals surface area contributed by atoms with Gasteiger partial charge in [0.25, 0.3) is 0 Å². The topological polar surface area (TPSA) is 12.5 Å². The fourth-order valence-electron chi connectivity index (χ4n) is 11.2. The van der Waals surface area contributed by atoms with Crippen molar-refractivity contribution < 1.29 is 4.74 Å². The summed E-state index contributed by atoms with van der Waals surface area (Å²) in [5, 5.41) is 0. The Morgan fingerprint density at radius 3 is 2.45 bits per heavy atom. The molecule has 1 aromatic rings. The van der Waals surface area contributed by atoms with E-state index < -0.39 is 0 Å². The second kappa shape index (κ2) is 11.6. The smallest absolute Gasteiger partial charge is 0.0720 e. The maximum Gasteiger partial charge on any atom is 0.0720 e. The average molecular weight is 520 g/mol. The number of benzene rings is 1. The largest absolute Gasteiger partial charge is 0.374 e. The molecule has 0 spiro atoms. The second-order valence-electron chi connectivity index (χ2n) is 15.1. The van der Waals surface area contributed by atoms with Crippen molar-refractivity contribution in [3.63, 3.8) is 0 Å². The summed E-state index contributed by atoms with van der Waals surface area (Å²) in [6.07, 6.45) is 20.7. The van der Waals surface area contributed by atoms with Gasteiger partial charge in [0.15, 0.2) is 0 Å². The molecule has 1 aromatic carbocycles. The Morgan fingerprint density at radius 2 is 1.63 bits per heavy atom. The molecule has 212 valence electrons. The van der Waals surface area contributed by atoms with E-state index in [1.54, 1.807) is 0 Å². The molecule has 0 N–H and O–H groups in total. The molecule has 2 heteroatoms. The summed E-state index contributed by atoms with van der Waals surface area (Å²) in [6.45, 7) is 13.0. The van der Waals surface area contributed by atoms with E-state index in [4.69, 9.17) is 4.74 Å². The molecule has 5 fully saturated rings. The molecular weight excluding hydrogens is 462 g/mol. The van der Waals surface area contributed by atoms with Crippen LogP contribution in [0, 0.1) is 46.3 Å². The zero-order chi connectivity index (χ0) is 26.2. The lowest BCUT2D eigenvalue weighted by molar-refractivity contribution is -0.138. The van der Waals surface area contributed by atoms with Crippen molar-refractivity contribution in [3.05, 3.63) is 35.9 Å². The van der Waals surface area contributed by atoms with Crippen molar-refractivity contribution in [1.29, 1.82) is 0 Å². The number of fused-ring (bicyclic) bond motifs is 5. The highest BCUT2D eigenvalue weighted by Crippen LogP contribution is 2.68. The van der Waals surface area contributed by atoms with Crippen LogP contribution in [0.1, 0.15) is 116 Å². The first-order valence-electron chi connectivity index (χ1n) is 16.9. The van der Waals surface area contributed by atoms with E-state index in [1.165, 1.54) is 115 Å². The molecule has 9 unspecified atom stereocenters. The highest BCUT2D eigenvalue weighted by molar-refractivity contribution is 5.14. The second-order valence-corrected chi connectivity index (χ2v) is 15.1. The van der Waals surface area contributed by atoms with E-state index in [-0.39, 0.29) is 0 Å². The van der Waals surface area contributed by atoms with E-state index in [0.717, 1.165) is 42.1 Å². The minimum absolute atomic E-state index is 0.473. The monoisotopic (exact) mass is 519 g/mol. The summed E-state index contributed by atoms with van der Waals surface area (Å²) in [5.74, 6) is 5.75. The average Bonchev–Trinajstić information content (AvgIpc) is 3.30. The lowest BCUT2D eigenvalue weighted by Gasteiger charge is -2.61. The van der Waals surface area contributed by atoms with Crippen molar-refractivity contribution >= 4 is 0 Å². The number of nitrogens with zero attached hydrogens (tertiary/aromatic N) is 1. The van der Waals surface area contributed by atoms with Crippen LogP contribution in [0.3, 0.4) is 0 Å². The van der Waals surface area contributed by atoms with Gasteiger partial charge in [-0.1, -0.05) is 57.5 Å². The van der Waals surface area contributed by atoms with Gasteiger partial charge in [-0.15, -0.1) is 0 Å². The van der Waals surface area contributed by atoms with Gasteiger partial charge in [-0.3, -0.25) is 0 Å². The van der Waals surface area contributed by atoms with Gasteiger partial charge in [-0.05, 0) is 155 Å². The van der Waals surface area contributed by atoms with Gasteiger partial charge in [0, 0.05) is 0 Å². The van der Waals surface area contributed by atoms with Crippen LogP contribution >= 0.6 is 0 Å². The molecule has 5 aliphatic rings. The lowest BCUT2D eigenvalue weighted by atomic mass is 9.44. The van der Waals surface area contributed by atoms with Crippen LogP contribution in [0.5, 0.6) is 0 Å². The van der Waals surface area contributed by atoms with E-state index in [1.807, 2.05) is 0 Å². The molecule has 4 saturated carbocycles. The Morgan fingerprint density at radius 1 is 0.868 bits per heavy atom. The van der Waals surface area contributed by atoms with Crippen LogP contribution in [-0.2, 0) is 11.3 Å². The normalized spacial score (nSPS) is 42.2. The molecular formula is C36H57NO. The molecule has 1 heterocycles. The highest BCUT2D eigenvalue weighted by Gasteiger charge is 2.60. The Bertz CT molecular complexity index is 894. The molecule has 0 bridgehead atoms. The van der Waals surface area contributed by atoms with Crippen molar-refractivity contribution in [2.24, 2.45) is 46.3 Å². The van der Waals surface area contributed by atoms with Gasteiger partial charge in [-0.25, -0.2) is 0 Å². The molecule has 6 rings (SSSR count). The maximum absolute atomic E-state index is 6.49. The number of likely N-dealkylation sites (tertiary alicyclic amines) is 1. The summed E-state index contributed by atoms with van der Waals surface area (Å²) in [7, 11) is 0. The molecule has 2 nitrogen and oxygen atoms in total. The van der Waals surface area contributed by atoms with Crippen LogP contribution in [-0.4, -0.2) is 30.6 Å². The van der Waals surface area contributed by atoms with Gasteiger partial charge >= 0.3 is 0 Å². The molecule has 1 aliphatic heterocycles. The van der Waals surface area contributed by atoms with Crippen LogP contribution in [0.2, 0.25) is 0 Å². The van der Waals surface area contributed by atoms with Gasteiger partial charge < -0.3 is 9.64 Å². The molecule has 0 amide bonds. The number of hydrogen-bond donors (Lipinski definition) is 0. The van der Waals surface area contributed by atoms with Crippen molar-refractivity contribution in [3.8, 4) is 0 Å². The quantitative estimate of drug-likeness (QED) is 0.339. The van der Waals surface area contributed by atoms with Crippen LogP contribution in [0.25, 0.3) is 0 Å². The van der Waals surface area contributed by atoms with Gasteiger partial charge in [-0.2, -0.15) is 0 Å². The summed E-state index contributed by atoms with van der Waals surface area (Å²) in [4.78, 5) is 2.75. The number of piperidine rings is 1. The molecule has 1 saturated heterocycles. The van der Waals surface area contributed by atoms with E-state index in [0.29, 0.717) is 16.9 Å². The first-order valence-corrected chi connectivity index (χ1v) is 16.9. The number of ether oxygens (including phenoxy) is 1. The van der Waals surface area contributed by atoms with Gasteiger partial charge in [0.1, 0.15) is 0 Å². The first kappa shape index (κ1) is 27.3. The zero-order valence-electron chi connectivity index (χ0n) is 25.0. The SMILES string of the molecule is CC(CCCN1CCCCC1)C1CCC2C3CCC4CC(OCc5ccccc5)CCC4(C)C3CCC12C. The fourth-order valence-corrected chi connectivity index (χ4v) is 11.2. The van der Waals surface area contributed by atoms with Crippen LogP contribution in [0.4, 0.5) is 0 Å². The maximum atomic E-state index is 6.49. The van der Waals surface area contributed by atoms with E-state index in [2.05, 4.69) is 56.0 Å². The van der Waals surface area contributed by atoms with Crippen LogP contribution < -0.4 is 0 Å². The van der Waals surface area contributed by atoms with Crippen molar-refractivity contribution in [2.75, 3.05) is 19.6 Å². The Kier molecular flexibility index (Phi) is 8.31. The van der Waals surface area contributed by atoms with E-state index >= 15 is 0 Å². The summed E-state index contributed by atoms with van der Waals surface area (Å²) in [5.41, 5.74) is 2.51. The predicted octanol–water partition coefficient (Wildman–Crippen LogP) is 9.13. The van der Waals surface area contributed by atoms with E-state index in [9.17, 15) is 0 Å². The minimum Gasteiger partial charge on any atom is -0.374 e.